The summed E-state index contributed by atoms with van der Waals surface area (Å²) in [5.74, 6) is -5.81. The van der Waals surface area contributed by atoms with Crippen LogP contribution in [0, 0.1) is 0 Å². The fourth-order valence-electron chi connectivity index (χ4n) is 0.546. The van der Waals surface area contributed by atoms with Gasteiger partial charge < -0.3 is 10.2 Å². The number of ketones is 3. The van der Waals surface area contributed by atoms with Crippen molar-refractivity contribution in [1.82, 2.24) is 0 Å². The minimum absolute atomic E-state index is 0.520. The molecule has 5 heteroatoms. The SMILES string of the molecule is CC(=O)CC(=O)C(O)(O)C(C)=O. The summed E-state index contributed by atoms with van der Waals surface area (Å²) >= 11 is 0. The predicted molar refractivity (Wildman–Crippen MR) is 38.2 cm³/mol. The van der Waals surface area contributed by atoms with E-state index in [0.29, 0.717) is 0 Å². The van der Waals surface area contributed by atoms with E-state index in [1.165, 1.54) is 0 Å². The molecule has 0 amide bonds. The molecule has 0 radical (unpaired) electrons. The van der Waals surface area contributed by atoms with Crippen molar-refractivity contribution in [2.75, 3.05) is 0 Å². The third-order valence-corrected chi connectivity index (χ3v) is 1.29. The fourth-order valence-corrected chi connectivity index (χ4v) is 0.546. The van der Waals surface area contributed by atoms with Gasteiger partial charge in [-0.25, -0.2) is 0 Å². The first-order chi connectivity index (χ1) is 5.28. The van der Waals surface area contributed by atoms with Crippen LogP contribution >= 0.6 is 0 Å². The zero-order chi connectivity index (χ0) is 9.94. The van der Waals surface area contributed by atoms with Crippen LogP contribution in [0.25, 0.3) is 0 Å². The Kier molecular flexibility index (Phi) is 3.24. The molecule has 0 spiro atoms. The highest BCUT2D eigenvalue weighted by atomic mass is 16.5. The highest BCUT2D eigenvalue weighted by molar-refractivity contribution is 6.12. The predicted octanol–water partition coefficient (Wildman–Crippen LogP) is -1.20. The van der Waals surface area contributed by atoms with Crippen molar-refractivity contribution in [3.05, 3.63) is 0 Å². The molecule has 0 aromatic heterocycles. The average molecular weight is 174 g/mol. The number of hydrogen-bond donors (Lipinski definition) is 2. The van der Waals surface area contributed by atoms with Crippen LogP contribution in [0.3, 0.4) is 0 Å². The second kappa shape index (κ2) is 3.55. The molecule has 0 aromatic rings. The topological polar surface area (TPSA) is 91.7 Å². The lowest BCUT2D eigenvalue weighted by Crippen LogP contribution is -2.45. The lowest BCUT2D eigenvalue weighted by molar-refractivity contribution is -0.187. The minimum Gasteiger partial charge on any atom is -0.354 e. The largest absolute Gasteiger partial charge is 0.354 e. The van der Waals surface area contributed by atoms with E-state index in [2.05, 4.69) is 0 Å². The summed E-state index contributed by atoms with van der Waals surface area (Å²) in [6, 6.07) is 0. The Bertz CT molecular complexity index is 228. The van der Waals surface area contributed by atoms with Gasteiger partial charge in [-0.1, -0.05) is 0 Å². The van der Waals surface area contributed by atoms with Crippen molar-refractivity contribution in [1.29, 1.82) is 0 Å². The van der Waals surface area contributed by atoms with Crippen LogP contribution < -0.4 is 0 Å². The monoisotopic (exact) mass is 174 g/mol. The Labute approximate surface area is 69.0 Å². The third-order valence-electron chi connectivity index (χ3n) is 1.29. The van der Waals surface area contributed by atoms with Crippen molar-refractivity contribution < 1.29 is 24.6 Å². The summed E-state index contributed by atoms with van der Waals surface area (Å²) in [5, 5.41) is 17.6. The molecule has 0 aliphatic carbocycles. The third kappa shape index (κ3) is 2.52. The number of aliphatic hydroxyl groups is 2. The standard InChI is InChI=1S/C7H10O5/c1-4(8)3-6(10)7(11,12)5(2)9/h11-12H,3H2,1-2H3. The Morgan fingerprint density at radius 1 is 1.17 bits per heavy atom. The van der Waals surface area contributed by atoms with Crippen LogP contribution in [0.1, 0.15) is 20.3 Å². The molecule has 12 heavy (non-hydrogen) atoms. The van der Waals surface area contributed by atoms with Crippen LogP contribution in [0.15, 0.2) is 0 Å². The summed E-state index contributed by atoms with van der Waals surface area (Å²) in [7, 11) is 0. The molecule has 0 atom stereocenters. The molecular weight excluding hydrogens is 164 g/mol. The average Bonchev–Trinajstić information content (AvgIpc) is 1.85. The van der Waals surface area contributed by atoms with E-state index < -0.39 is 29.6 Å². The minimum atomic E-state index is -3.01. The molecule has 0 rings (SSSR count). The Morgan fingerprint density at radius 3 is 1.83 bits per heavy atom. The maximum absolute atomic E-state index is 10.8. The van der Waals surface area contributed by atoms with Crippen molar-refractivity contribution in [3.63, 3.8) is 0 Å². The fraction of sp³-hybridized carbons (Fsp3) is 0.571. The van der Waals surface area contributed by atoms with Gasteiger partial charge in [-0.15, -0.1) is 0 Å². The lowest BCUT2D eigenvalue weighted by atomic mass is 10.0. The lowest BCUT2D eigenvalue weighted by Gasteiger charge is -2.14. The smallest absolute Gasteiger partial charge is 0.285 e. The first kappa shape index (κ1) is 10.9. The van der Waals surface area contributed by atoms with Gasteiger partial charge in [-0.2, -0.15) is 0 Å². The summed E-state index contributed by atoms with van der Waals surface area (Å²) < 4.78 is 0. The summed E-state index contributed by atoms with van der Waals surface area (Å²) in [4.78, 5) is 31.6. The summed E-state index contributed by atoms with van der Waals surface area (Å²) in [6.07, 6.45) is -0.646. The van der Waals surface area contributed by atoms with Gasteiger partial charge in [0.25, 0.3) is 5.79 Å². The number of carbonyl (C=O) groups excluding carboxylic acids is 3. The molecule has 0 bridgehead atoms. The van der Waals surface area contributed by atoms with E-state index >= 15 is 0 Å². The number of carbonyl (C=O) groups is 3. The van der Waals surface area contributed by atoms with Gasteiger partial charge in [0, 0.05) is 6.92 Å². The number of hydrogen-bond acceptors (Lipinski definition) is 5. The highest BCUT2D eigenvalue weighted by Crippen LogP contribution is 2.05. The first-order valence-corrected chi connectivity index (χ1v) is 3.27. The molecule has 5 nitrogen and oxygen atoms in total. The molecule has 68 valence electrons. The van der Waals surface area contributed by atoms with Gasteiger partial charge in [-0.3, -0.25) is 14.4 Å². The zero-order valence-corrected chi connectivity index (χ0v) is 6.83. The van der Waals surface area contributed by atoms with Crippen LogP contribution in [0.5, 0.6) is 0 Å². The van der Waals surface area contributed by atoms with Crippen molar-refractivity contribution in [3.8, 4) is 0 Å². The van der Waals surface area contributed by atoms with E-state index in [0.717, 1.165) is 13.8 Å². The van der Waals surface area contributed by atoms with Crippen molar-refractivity contribution in [2.24, 2.45) is 0 Å². The quantitative estimate of drug-likeness (QED) is 0.412. The molecule has 0 aliphatic rings. The van der Waals surface area contributed by atoms with Gasteiger partial charge in [-0.05, 0) is 6.92 Å². The van der Waals surface area contributed by atoms with Crippen LogP contribution in [0.2, 0.25) is 0 Å². The van der Waals surface area contributed by atoms with Crippen molar-refractivity contribution in [2.45, 2.75) is 26.1 Å². The number of rotatable bonds is 4. The molecule has 0 fully saturated rings. The van der Waals surface area contributed by atoms with E-state index in [1.807, 2.05) is 0 Å². The zero-order valence-electron chi connectivity index (χ0n) is 6.83. The normalized spacial score (nSPS) is 11.0. The van der Waals surface area contributed by atoms with Crippen LogP contribution in [-0.2, 0) is 14.4 Å². The van der Waals surface area contributed by atoms with Crippen LogP contribution in [0.4, 0.5) is 0 Å². The Hall–Kier alpha value is -1.07. The maximum atomic E-state index is 10.8. The van der Waals surface area contributed by atoms with Gasteiger partial charge in [0.2, 0.25) is 5.78 Å². The van der Waals surface area contributed by atoms with E-state index in [4.69, 9.17) is 10.2 Å². The van der Waals surface area contributed by atoms with Gasteiger partial charge in [0.15, 0.2) is 5.78 Å². The Morgan fingerprint density at radius 2 is 1.58 bits per heavy atom. The van der Waals surface area contributed by atoms with Gasteiger partial charge in [0.1, 0.15) is 5.78 Å². The highest BCUT2D eigenvalue weighted by Gasteiger charge is 2.38. The van der Waals surface area contributed by atoms with E-state index in [9.17, 15) is 14.4 Å². The van der Waals surface area contributed by atoms with Crippen LogP contribution in [-0.4, -0.2) is 33.3 Å². The molecule has 0 heterocycles. The molecule has 0 saturated heterocycles. The second-order valence-corrected chi connectivity index (χ2v) is 2.53. The maximum Gasteiger partial charge on any atom is 0.285 e. The van der Waals surface area contributed by atoms with Gasteiger partial charge >= 0.3 is 0 Å². The van der Waals surface area contributed by atoms with E-state index in [-0.39, 0.29) is 0 Å². The summed E-state index contributed by atoms with van der Waals surface area (Å²) in [6.45, 7) is 1.98. The molecule has 0 aliphatic heterocycles. The van der Waals surface area contributed by atoms with Crippen molar-refractivity contribution >= 4 is 17.3 Å². The molecule has 0 aromatic carbocycles. The molecule has 2 N–H and O–H groups in total. The first-order valence-electron chi connectivity index (χ1n) is 3.27. The molecule has 0 unspecified atom stereocenters. The molecular formula is C7H10O5. The summed E-state index contributed by atoms with van der Waals surface area (Å²) in [5.41, 5.74) is 0. The van der Waals surface area contributed by atoms with E-state index in [1.54, 1.807) is 0 Å². The van der Waals surface area contributed by atoms with Gasteiger partial charge in [0.05, 0.1) is 6.42 Å². The Balaban J connectivity index is 4.47. The number of Topliss-reactive ketones (excluding diaryl/α,β-unsaturated/α-hetero) is 3. The second-order valence-electron chi connectivity index (χ2n) is 2.53. The molecule has 0 saturated carbocycles.